The molecule has 0 unspecified atom stereocenters. The van der Waals surface area contributed by atoms with E-state index in [1.54, 1.807) is 4.90 Å². The lowest BCUT2D eigenvalue weighted by molar-refractivity contribution is -0.141. The van der Waals surface area contributed by atoms with E-state index in [0.717, 1.165) is 36.1 Å². The summed E-state index contributed by atoms with van der Waals surface area (Å²) in [5.41, 5.74) is 0.838. The number of halogens is 1. The standard InChI is InChI=1S/C29H36BrN5O3/c1-31-15-11-24(12-16-31)32(2)26(36)20-34-21-35(25-9-4-3-5-10-25)29(28(34)38)13-17-33(18-14-29)27(37)22-7-6-8-23(30)19-22/h3-10,19,24H,11-18,20-21H2,1-2H3. The van der Waals surface area contributed by atoms with Gasteiger partial charge in [0.15, 0.2) is 0 Å². The van der Waals surface area contributed by atoms with Gasteiger partial charge in [-0.2, -0.15) is 0 Å². The summed E-state index contributed by atoms with van der Waals surface area (Å²) in [5, 5.41) is 0. The quantitative estimate of drug-likeness (QED) is 0.542. The van der Waals surface area contributed by atoms with Crippen molar-refractivity contribution in [2.45, 2.75) is 37.3 Å². The van der Waals surface area contributed by atoms with Crippen LogP contribution in [0.25, 0.3) is 0 Å². The van der Waals surface area contributed by atoms with Crippen LogP contribution in [-0.2, 0) is 9.59 Å². The molecular formula is C29H36BrN5O3. The third-order valence-electron chi connectivity index (χ3n) is 8.49. The Labute approximate surface area is 233 Å². The Balaban J connectivity index is 1.32. The molecule has 0 radical (unpaired) electrons. The summed E-state index contributed by atoms with van der Waals surface area (Å²) >= 11 is 3.45. The van der Waals surface area contributed by atoms with Crippen molar-refractivity contribution in [1.29, 1.82) is 0 Å². The fourth-order valence-electron chi connectivity index (χ4n) is 6.07. The van der Waals surface area contributed by atoms with E-state index in [1.807, 2.05) is 71.4 Å². The van der Waals surface area contributed by atoms with Crippen molar-refractivity contribution in [2.75, 3.05) is 58.4 Å². The highest BCUT2D eigenvalue weighted by Gasteiger charge is 2.54. The number of piperidine rings is 2. The third kappa shape index (κ3) is 5.18. The molecule has 0 N–H and O–H groups in total. The smallest absolute Gasteiger partial charge is 0.253 e. The molecule has 3 saturated heterocycles. The molecule has 0 aliphatic carbocycles. The van der Waals surface area contributed by atoms with Gasteiger partial charge < -0.3 is 24.5 Å². The average Bonchev–Trinajstić information content (AvgIpc) is 3.19. The first-order valence-electron chi connectivity index (χ1n) is 13.4. The molecule has 0 atom stereocenters. The van der Waals surface area contributed by atoms with E-state index in [1.165, 1.54) is 0 Å². The molecule has 3 aliphatic rings. The number of likely N-dealkylation sites (tertiary alicyclic amines) is 2. The average molecular weight is 583 g/mol. The molecule has 202 valence electrons. The summed E-state index contributed by atoms with van der Waals surface area (Å²) in [6.45, 7) is 3.37. The van der Waals surface area contributed by atoms with Crippen LogP contribution in [0, 0.1) is 0 Å². The molecular weight excluding hydrogens is 546 g/mol. The zero-order valence-electron chi connectivity index (χ0n) is 22.2. The van der Waals surface area contributed by atoms with Gasteiger partial charge in [0.1, 0.15) is 12.1 Å². The summed E-state index contributed by atoms with van der Waals surface area (Å²) in [7, 11) is 3.98. The number of para-hydroxylation sites is 1. The SMILES string of the molecule is CN1CCC(N(C)C(=O)CN2CN(c3ccccc3)C3(CCN(C(=O)c4cccc(Br)c4)CC3)C2=O)CC1. The van der Waals surface area contributed by atoms with Crippen molar-refractivity contribution in [1.82, 2.24) is 19.6 Å². The van der Waals surface area contributed by atoms with Crippen molar-refractivity contribution in [3.8, 4) is 0 Å². The molecule has 3 amide bonds. The molecule has 1 spiro atoms. The highest BCUT2D eigenvalue weighted by molar-refractivity contribution is 9.10. The van der Waals surface area contributed by atoms with Crippen molar-refractivity contribution in [3.05, 3.63) is 64.6 Å². The molecule has 0 saturated carbocycles. The van der Waals surface area contributed by atoms with Gasteiger partial charge in [0.05, 0.1) is 6.67 Å². The van der Waals surface area contributed by atoms with Crippen LogP contribution in [0.5, 0.6) is 0 Å². The van der Waals surface area contributed by atoms with Crippen molar-refractivity contribution < 1.29 is 14.4 Å². The van der Waals surface area contributed by atoms with E-state index in [4.69, 9.17) is 0 Å². The summed E-state index contributed by atoms with van der Waals surface area (Å²) in [6.07, 6.45) is 2.95. The van der Waals surface area contributed by atoms with Crippen molar-refractivity contribution in [3.63, 3.8) is 0 Å². The van der Waals surface area contributed by atoms with Crippen molar-refractivity contribution >= 4 is 39.3 Å². The minimum atomic E-state index is -0.762. The predicted octanol–water partition coefficient (Wildman–Crippen LogP) is 3.28. The van der Waals surface area contributed by atoms with Crippen LogP contribution in [-0.4, -0.2) is 102 Å². The van der Waals surface area contributed by atoms with Crippen LogP contribution in [0.4, 0.5) is 5.69 Å². The number of amides is 3. The summed E-state index contributed by atoms with van der Waals surface area (Å²) in [6, 6.07) is 17.6. The Morgan fingerprint density at radius 2 is 1.68 bits per heavy atom. The fraction of sp³-hybridized carbons (Fsp3) is 0.483. The van der Waals surface area contributed by atoms with Crippen molar-refractivity contribution in [2.24, 2.45) is 0 Å². The minimum Gasteiger partial charge on any atom is -0.341 e. The number of nitrogens with zero attached hydrogens (tertiary/aromatic N) is 5. The molecule has 8 nitrogen and oxygen atoms in total. The Morgan fingerprint density at radius 1 is 1.00 bits per heavy atom. The molecule has 5 rings (SSSR count). The van der Waals surface area contributed by atoms with E-state index in [2.05, 4.69) is 32.8 Å². The van der Waals surface area contributed by atoms with Gasteiger partial charge in [-0.15, -0.1) is 0 Å². The molecule has 3 heterocycles. The second-order valence-corrected chi connectivity index (χ2v) is 11.7. The Kier molecular flexibility index (Phi) is 7.77. The monoisotopic (exact) mass is 581 g/mol. The Bertz CT molecular complexity index is 1180. The topological polar surface area (TPSA) is 67.4 Å². The number of carbonyl (C=O) groups excluding carboxylic acids is 3. The Morgan fingerprint density at radius 3 is 2.34 bits per heavy atom. The lowest BCUT2D eigenvalue weighted by Gasteiger charge is -2.43. The molecule has 3 aliphatic heterocycles. The molecule has 0 bridgehead atoms. The first-order valence-corrected chi connectivity index (χ1v) is 14.2. The van der Waals surface area contributed by atoms with Crippen LogP contribution < -0.4 is 4.90 Å². The molecule has 38 heavy (non-hydrogen) atoms. The van der Waals surface area contributed by atoms with E-state index in [9.17, 15) is 14.4 Å². The maximum Gasteiger partial charge on any atom is 0.253 e. The van der Waals surface area contributed by atoms with E-state index < -0.39 is 5.54 Å². The van der Waals surface area contributed by atoms with Crippen LogP contribution >= 0.6 is 15.9 Å². The molecule has 3 fully saturated rings. The lowest BCUT2D eigenvalue weighted by Crippen LogP contribution is -2.57. The zero-order chi connectivity index (χ0) is 26.9. The first kappa shape index (κ1) is 26.7. The number of hydrogen-bond donors (Lipinski definition) is 0. The fourth-order valence-corrected chi connectivity index (χ4v) is 6.47. The van der Waals surface area contributed by atoms with Gasteiger partial charge in [0.25, 0.3) is 11.8 Å². The first-order chi connectivity index (χ1) is 18.3. The van der Waals surface area contributed by atoms with Gasteiger partial charge >= 0.3 is 0 Å². The van der Waals surface area contributed by atoms with E-state index in [0.29, 0.717) is 38.2 Å². The van der Waals surface area contributed by atoms with Gasteiger partial charge in [-0.1, -0.05) is 40.2 Å². The number of hydrogen-bond acceptors (Lipinski definition) is 5. The van der Waals surface area contributed by atoms with Crippen LogP contribution in [0.2, 0.25) is 0 Å². The number of rotatable bonds is 5. The van der Waals surface area contributed by atoms with Crippen LogP contribution in [0.3, 0.4) is 0 Å². The zero-order valence-corrected chi connectivity index (χ0v) is 23.8. The number of likely N-dealkylation sites (N-methyl/N-ethyl adjacent to an activating group) is 1. The summed E-state index contributed by atoms with van der Waals surface area (Å²) < 4.78 is 0.864. The molecule has 2 aromatic rings. The van der Waals surface area contributed by atoms with Gasteiger partial charge in [-0.05, 0) is 76.2 Å². The van der Waals surface area contributed by atoms with E-state index in [-0.39, 0.29) is 30.3 Å². The molecule has 9 heteroatoms. The normalized spacial score (nSPS) is 20.3. The van der Waals surface area contributed by atoms with Gasteiger partial charge in [0, 0.05) is 41.9 Å². The lowest BCUT2D eigenvalue weighted by atomic mass is 9.85. The predicted molar refractivity (Wildman–Crippen MR) is 151 cm³/mol. The Hall–Kier alpha value is -2.91. The van der Waals surface area contributed by atoms with Gasteiger partial charge in [-0.25, -0.2) is 0 Å². The number of carbonyl (C=O) groups is 3. The number of benzene rings is 2. The van der Waals surface area contributed by atoms with Gasteiger partial charge in [-0.3, -0.25) is 14.4 Å². The summed E-state index contributed by atoms with van der Waals surface area (Å²) in [4.78, 5) is 50.4. The van der Waals surface area contributed by atoms with Crippen LogP contribution in [0.15, 0.2) is 59.1 Å². The van der Waals surface area contributed by atoms with Gasteiger partial charge in [0.2, 0.25) is 5.91 Å². The summed E-state index contributed by atoms with van der Waals surface area (Å²) in [5.74, 6) is -0.0501. The van der Waals surface area contributed by atoms with Crippen LogP contribution in [0.1, 0.15) is 36.0 Å². The maximum atomic E-state index is 14.0. The third-order valence-corrected chi connectivity index (χ3v) is 8.98. The number of anilines is 1. The second kappa shape index (κ2) is 11.1. The highest BCUT2D eigenvalue weighted by Crippen LogP contribution is 2.39. The van der Waals surface area contributed by atoms with E-state index >= 15 is 0 Å². The second-order valence-electron chi connectivity index (χ2n) is 10.8. The minimum absolute atomic E-state index is 0.0129. The molecule has 0 aromatic heterocycles. The maximum absolute atomic E-state index is 14.0. The molecule has 2 aromatic carbocycles. The largest absolute Gasteiger partial charge is 0.341 e. The highest BCUT2D eigenvalue weighted by atomic mass is 79.9.